The Bertz CT molecular complexity index is 1330. The van der Waals surface area contributed by atoms with E-state index in [0.29, 0.717) is 11.1 Å². The second-order valence-corrected chi connectivity index (χ2v) is 7.94. The number of nitriles is 2. The lowest BCUT2D eigenvalue weighted by Crippen LogP contribution is -2.01. The summed E-state index contributed by atoms with van der Waals surface area (Å²) in [7, 11) is 0. The Morgan fingerprint density at radius 1 is 0.935 bits per heavy atom. The molecule has 0 atom stereocenters. The molecule has 4 aromatic rings. The molecule has 0 aliphatic carbocycles. The lowest BCUT2D eigenvalue weighted by Gasteiger charge is -2.08. The number of nitrogens with zero attached hydrogens (tertiary/aromatic N) is 3. The molecule has 7 heteroatoms. The van der Waals surface area contributed by atoms with Crippen LogP contribution >= 0.6 is 11.8 Å². The highest BCUT2D eigenvalue weighted by Gasteiger charge is 2.14. The van der Waals surface area contributed by atoms with Crippen molar-refractivity contribution in [2.24, 2.45) is 0 Å². The maximum atomic E-state index is 13.7. The van der Waals surface area contributed by atoms with Crippen LogP contribution in [0.1, 0.15) is 11.1 Å². The van der Waals surface area contributed by atoms with E-state index in [1.54, 1.807) is 6.07 Å². The number of rotatable bonds is 6. The minimum Gasteiger partial charge on any atom is -0.372 e. The van der Waals surface area contributed by atoms with E-state index in [-0.39, 0.29) is 13.1 Å². The molecule has 31 heavy (non-hydrogen) atoms. The molecule has 0 spiro atoms. The lowest BCUT2D eigenvalue weighted by atomic mass is 10.2. The van der Waals surface area contributed by atoms with Gasteiger partial charge in [0.2, 0.25) is 0 Å². The van der Waals surface area contributed by atoms with Crippen LogP contribution in [0.15, 0.2) is 76.7 Å². The molecule has 0 radical (unpaired) electrons. The smallest absolute Gasteiger partial charge is 0.126 e. The van der Waals surface area contributed by atoms with Gasteiger partial charge in [-0.05, 0) is 48.0 Å². The van der Waals surface area contributed by atoms with Crippen LogP contribution in [0.5, 0.6) is 0 Å². The van der Waals surface area contributed by atoms with Crippen molar-refractivity contribution in [3.63, 3.8) is 0 Å². The van der Waals surface area contributed by atoms with E-state index in [9.17, 15) is 14.0 Å². The summed E-state index contributed by atoms with van der Waals surface area (Å²) in [5, 5.41) is 22.2. The topological polar surface area (TPSA) is 64.5 Å². The van der Waals surface area contributed by atoms with Gasteiger partial charge in [0.25, 0.3) is 0 Å². The van der Waals surface area contributed by atoms with Gasteiger partial charge in [-0.15, -0.1) is 0 Å². The third kappa shape index (κ3) is 4.53. The summed E-state index contributed by atoms with van der Waals surface area (Å²) in [5.41, 5.74) is 2.70. The van der Waals surface area contributed by atoms with Crippen LogP contribution in [-0.4, -0.2) is 11.1 Å². The van der Waals surface area contributed by atoms with Crippen molar-refractivity contribution < 1.29 is 8.78 Å². The van der Waals surface area contributed by atoms with E-state index in [1.807, 2.05) is 53.2 Å². The minimum absolute atomic E-state index is 0.165. The van der Waals surface area contributed by atoms with E-state index in [1.165, 1.54) is 23.9 Å². The van der Waals surface area contributed by atoms with E-state index >= 15 is 0 Å². The van der Waals surface area contributed by atoms with Gasteiger partial charge in [-0.3, -0.25) is 0 Å². The van der Waals surface area contributed by atoms with E-state index in [2.05, 4.69) is 11.4 Å². The molecule has 0 aliphatic heterocycles. The number of aromatic nitrogens is 1. The molecule has 4 rings (SSSR count). The summed E-state index contributed by atoms with van der Waals surface area (Å²) in [6, 6.07) is 20.8. The second kappa shape index (κ2) is 8.91. The van der Waals surface area contributed by atoms with Crippen LogP contribution in [0.25, 0.3) is 10.9 Å². The SMILES string of the molecule is N#CCNc1ccc2c(Sc3ccccc3C#N)cn(Cc3cc(F)cc(F)c3)c2c1. The zero-order valence-electron chi connectivity index (χ0n) is 16.3. The predicted molar refractivity (Wildman–Crippen MR) is 117 cm³/mol. The van der Waals surface area contributed by atoms with Gasteiger partial charge < -0.3 is 9.88 Å². The van der Waals surface area contributed by atoms with Crippen LogP contribution in [0, 0.1) is 34.3 Å². The predicted octanol–water partition coefficient (Wildman–Crippen LogP) is 5.93. The highest BCUT2D eigenvalue weighted by Crippen LogP contribution is 2.37. The molecule has 1 heterocycles. The van der Waals surface area contributed by atoms with Gasteiger partial charge in [0.1, 0.15) is 24.2 Å². The highest BCUT2D eigenvalue weighted by atomic mass is 32.2. The summed E-state index contributed by atoms with van der Waals surface area (Å²) < 4.78 is 29.3. The summed E-state index contributed by atoms with van der Waals surface area (Å²) in [6.45, 7) is 0.436. The number of nitrogens with one attached hydrogen (secondary N) is 1. The molecular formula is C24H16F2N4S. The number of benzene rings is 3. The minimum atomic E-state index is -0.625. The normalized spacial score (nSPS) is 10.6. The largest absolute Gasteiger partial charge is 0.372 e. The summed E-state index contributed by atoms with van der Waals surface area (Å²) >= 11 is 1.47. The van der Waals surface area contributed by atoms with Crippen LogP contribution < -0.4 is 5.32 Å². The van der Waals surface area contributed by atoms with Crippen molar-refractivity contribution in [2.45, 2.75) is 16.3 Å². The first kappa shape index (κ1) is 20.5. The van der Waals surface area contributed by atoms with Gasteiger partial charge in [-0.2, -0.15) is 10.5 Å². The number of anilines is 1. The van der Waals surface area contributed by atoms with Crippen molar-refractivity contribution in [2.75, 3.05) is 11.9 Å². The molecule has 0 saturated carbocycles. The van der Waals surface area contributed by atoms with Crippen molar-refractivity contribution in [1.82, 2.24) is 4.57 Å². The monoisotopic (exact) mass is 430 g/mol. The third-order valence-corrected chi connectivity index (χ3v) is 5.84. The first-order valence-electron chi connectivity index (χ1n) is 9.43. The van der Waals surface area contributed by atoms with Crippen LogP contribution in [0.3, 0.4) is 0 Å². The zero-order valence-corrected chi connectivity index (χ0v) is 17.1. The molecule has 0 fully saturated rings. The summed E-state index contributed by atoms with van der Waals surface area (Å²) in [5.74, 6) is -1.25. The molecule has 1 N–H and O–H groups in total. The van der Waals surface area contributed by atoms with Crippen LogP contribution in [-0.2, 0) is 6.54 Å². The number of halogens is 2. The quantitative estimate of drug-likeness (QED) is 0.385. The van der Waals surface area contributed by atoms with Crippen molar-refractivity contribution in [3.05, 3.63) is 89.6 Å². The van der Waals surface area contributed by atoms with Gasteiger partial charge >= 0.3 is 0 Å². The van der Waals surface area contributed by atoms with Gasteiger partial charge in [-0.1, -0.05) is 23.9 Å². The molecule has 0 unspecified atom stereocenters. The van der Waals surface area contributed by atoms with Crippen molar-refractivity contribution >= 4 is 28.4 Å². The fourth-order valence-electron chi connectivity index (χ4n) is 3.39. The molecule has 0 saturated heterocycles. The first-order valence-corrected chi connectivity index (χ1v) is 10.2. The van der Waals surface area contributed by atoms with Crippen LogP contribution in [0.2, 0.25) is 0 Å². The van der Waals surface area contributed by atoms with Crippen molar-refractivity contribution in [3.8, 4) is 12.1 Å². The molecular weight excluding hydrogens is 414 g/mol. The molecule has 1 aromatic heterocycles. The third-order valence-electron chi connectivity index (χ3n) is 4.72. The lowest BCUT2D eigenvalue weighted by molar-refractivity contribution is 0.578. The average molecular weight is 430 g/mol. The molecule has 3 aromatic carbocycles. The highest BCUT2D eigenvalue weighted by molar-refractivity contribution is 7.99. The zero-order chi connectivity index (χ0) is 21.8. The second-order valence-electron chi connectivity index (χ2n) is 6.85. The Kier molecular flexibility index (Phi) is 5.88. The van der Waals surface area contributed by atoms with E-state index in [0.717, 1.165) is 32.4 Å². The number of hydrogen-bond donors (Lipinski definition) is 1. The van der Waals surface area contributed by atoms with E-state index in [4.69, 9.17) is 5.26 Å². The molecule has 0 bridgehead atoms. The van der Waals surface area contributed by atoms with Gasteiger partial charge in [-0.25, -0.2) is 8.78 Å². The standard InChI is InChI=1S/C24H16F2N4S/c25-18-9-16(10-19(26)11-18)14-30-15-24(31-23-4-2-1-3-17(23)13-28)21-6-5-20(12-22(21)30)29-8-7-27/h1-6,9-12,15,29H,8,14H2. The molecule has 4 nitrogen and oxygen atoms in total. The number of hydrogen-bond acceptors (Lipinski definition) is 4. The first-order chi connectivity index (χ1) is 15.1. The van der Waals surface area contributed by atoms with Gasteiger partial charge in [0.15, 0.2) is 0 Å². The fraction of sp³-hybridized carbons (Fsp3) is 0.0833. The average Bonchev–Trinajstić information content (AvgIpc) is 3.08. The van der Waals surface area contributed by atoms with Crippen molar-refractivity contribution in [1.29, 1.82) is 10.5 Å². The van der Waals surface area contributed by atoms with Gasteiger partial charge in [0, 0.05) is 39.7 Å². The Morgan fingerprint density at radius 3 is 2.45 bits per heavy atom. The van der Waals surface area contributed by atoms with Crippen LogP contribution in [0.4, 0.5) is 14.5 Å². The maximum Gasteiger partial charge on any atom is 0.126 e. The van der Waals surface area contributed by atoms with Gasteiger partial charge in [0.05, 0.1) is 17.1 Å². The fourth-order valence-corrected chi connectivity index (χ4v) is 4.46. The Hall–Kier alpha value is -3.81. The Balaban J connectivity index is 1.79. The maximum absolute atomic E-state index is 13.7. The van der Waals surface area contributed by atoms with E-state index < -0.39 is 11.6 Å². The number of fused-ring (bicyclic) bond motifs is 1. The molecule has 0 amide bonds. The summed E-state index contributed by atoms with van der Waals surface area (Å²) in [4.78, 5) is 1.74. The Morgan fingerprint density at radius 2 is 1.71 bits per heavy atom. The summed E-state index contributed by atoms with van der Waals surface area (Å²) in [6.07, 6.45) is 1.92. The molecule has 0 aliphatic rings. The molecule has 152 valence electrons. The Labute approximate surface area is 182 Å².